The molecule has 0 saturated carbocycles. The smallest absolute Gasteiger partial charge is 0.136 e. The third-order valence-corrected chi connectivity index (χ3v) is 12.0. The van der Waals surface area contributed by atoms with Crippen molar-refractivity contribution in [3.8, 4) is 44.5 Å². The summed E-state index contributed by atoms with van der Waals surface area (Å²) in [6.45, 7) is 4.74. The monoisotopic (exact) mass is 729 g/mol. The van der Waals surface area contributed by atoms with E-state index in [1.54, 1.807) is 0 Å². The highest BCUT2D eigenvalue weighted by Crippen LogP contribution is 2.55. The summed E-state index contributed by atoms with van der Waals surface area (Å²) in [5.74, 6) is 0. The van der Waals surface area contributed by atoms with Crippen molar-refractivity contribution >= 4 is 49.8 Å². The van der Waals surface area contributed by atoms with Crippen molar-refractivity contribution in [1.29, 1.82) is 0 Å². The van der Waals surface area contributed by atoms with Gasteiger partial charge in [0.1, 0.15) is 11.2 Å². The standard InChI is InChI=1S/C55H39NO/c1-55(2)48-25-10-8-21-43(48)46-24-13-27-50(54(46)55)56(42-31-29-37(30-32-42)39-20-12-19-38(33-39)36-15-4-3-5-16-36)49-26-11-9-22-44(49)45-23-14-28-51-53(45)47-34-40-17-6-7-18-41(40)35-52(47)57-51/h3-35H,1-2H3. The maximum atomic E-state index is 6.59. The predicted octanol–water partition coefficient (Wildman–Crippen LogP) is 15.5. The molecule has 1 aromatic heterocycles. The molecule has 2 nitrogen and oxygen atoms in total. The van der Waals surface area contributed by atoms with Crippen LogP contribution >= 0.6 is 0 Å². The zero-order valence-electron chi connectivity index (χ0n) is 31.9. The largest absolute Gasteiger partial charge is 0.456 e. The van der Waals surface area contributed by atoms with Gasteiger partial charge in [0.05, 0.1) is 11.4 Å². The highest BCUT2D eigenvalue weighted by Gasteiger charge is 2.39. The summed E-state index contributed by atoms with van der Waals surface area (Å²) in [5.41, 5.74) is 17.3. The van der Waals surface area contributed by atoms with Gasteiger partial charge in [0, 0.05) is 27.4 Å². The van der Waals surface area contributed by atoms with Crippen LogP contribution in [0.2, 0.25) is 0 Å². The van der Waals surface area contributed by atoms with E-state index in [1.165, 1.54) is 61.0 Å². The van der Waals surface area contributed by atoms with Crippen molar-refractivity contribution in [1.82, 2.24) is 0 Å². The summed E-state index contributed by atoms with van der Waals surface area (Å²) in [7, 11) is 0. The van der Waals surface area contributed by atoms with Gasteiger partial charge in [0.2, 0.25) is 0 Å². The third kappa shape index (κ3) is 5.33. The molecule has 0 bridgehead atoms. The van der Waals surface area contributed by atoms with Crippen molar-refractivity contribution in [3.05, 3.63) is 211 Å². The molecule has 0 radical (unpaired) electrons. The Hall–Kier alpha value is -7.16. The molecular weight excluding hydrogens is 691 g/mol. The molecule has 0 fully saturated rings. The van der Waals surface area contributed by atoms with Gasteiger partial charge in [-0.1, -0.05) is 166 Å². The molecule has 10 aromatic rings. The van der Waals surface area contributed by atoms with Crippen LogP contribution in [0.5, 0.6) is 0 Å². The Morgan fingerprint density at radius 1 is 0.404 bits per heavy atom. The highest BCUT2D eigenvalue weighted by atomic mass is 16.3. The minimum absolute atomic E-state index is 0.213. The molecule has 0 spiro atoms. The molecule has 0 aliphatic heterocycles. The van der Waals surface area contributed by atoms with Crippen molar-refractivity contribution < 1.29 is 4.42 Å². The van der Waals surface area contributed by atoms with Crippen LogP contribution in [-0.2, 0) is 5.41 Å². The summed E-state index contributed by atoms with van der Waals surface area (Å²) in [6, 6.07) is 72.6. The first-order valence-electron chi connectivity index (χ1n) is 19.8. The Labute approximate surface area is 332 Å². The Morgan fingerprint density at radius 3 is 1.79 bits per heavy atom. The number of para-hydroxylation sites is 1. The number of furan rings is 1. The minimum atomic E-state index is -0.213. The second-order valence-electron chi connectivity index (χ2n) is 15.7. The van der Waals surface area contributed by atoms with Gasteiger partial charge >= 0.3 is 0 Å². The summed E-state index contributed by atoms with van der Waals surface area (Å²) in [6.07, 6.45) is 0. The quantitative estimate of drug-likeness (QED) is 0.169. The average Bonchev–Trinajstić information content (AvgIpc) is 3.75. The normalized spacial score (nSPS) is 12.9. The van der Waals surface area contributed by atoms with Gasteiger partial charge in [-0.2, -0.15) is 0 Å². The van der Waals surface area contributed by atoms with Crippen LogP contribution in [0.1, 0.15) is 25.0 Å². The van der Waals surface area contributed by atoms with Crippen molar-refractivity contribution in [3.63, 3.8) is 0 Å². The zero-order chi connectivity index (χ0) is 38.1. The first kappa shape index (κ1) is 33.2. The van der Waals surface area contributed by atoms with E-state index >= 15 is 0 Å². The first-order valence-corrected chi connectivity index (χ1v) is 19.8. The van der Waals surface area contributed by atoms with E-state index in [0.717, 1.165) is 44.4 Å². The van der Waals surface area contributed by atoms with Crippen molar-refractivity contribution in [2.45, 2.75) is 19.3 Å². The van der Waals surface area contributed by atoms with Crippen LogP contribution in [0.4, 0.5) is 17.1 Å². The molecule has 0 N–H and O–H groups in total. The molecule has 9 aromatic carbocycles. The van der Waals surface area contributed by atoms with E-state index in [9.17, 15) is 0 Å². The number of anilines is 3. The van der Waals surface area contributed by atoms with Gasteiger partial charge in [-0.25, -0.2) is 0 Å². The summed E-state index contributed by atoms with van der Waals surface area (Å²) in [5, 5.41) is 4.63. The highest BCUT2D eigenvalue weighted by molar-refractivity contribution is 6.16. The van der Waals surface area contributed by atoms with Gasteiger partial charge in [0.15, 0.2) is 0 Å². The van der Waals surface area contributed by atoms with Gasteiger partial charge < -0.3 is 9.32 Å². The zero-order valence-corrected chi connectivity index (χ0v) is 31.9. The first-order chi connectivity index (χ1) is 28.0. The van der Waals surface area contributed by atoms with Crippen LogP contribution in [-0.4, -0.2) is 0 Å². The fourth-order valence-corrected chi connectivity index (χ4v) is 9.36. The van der Waals surface area contributed by atoms with E-state index in [4.69, 9.17) is 4.42 Å². The molecule has 1 aliphatic carbocycles. The SMILES string of the molecule is CC1(C)c2ccccc2-c2cccc(N(c3ccc(-c4cccc(-c5ccccc5)c4)cc3)c3ccccc3-c3cccc4oc5cc6ccccc6cc5c34)c21. The van der Waals surface area contributed by atoms with Crippen molar-refractivity contribution in [2.75, 3.05) is 4.90 Å². The number of hydrogen-bond acceptors (Lipinski definition) is 2. The maximum absolute atomic E-state index is 6.59. The fraction of sp³-hybridized carbons (Fsp3) is 0.0545. The third-order valence-electron chi connectivity index (χ3n) is 12.0. The van der Waals surface area contributed by atoms with Crippen molar-refractivity contribution in [2.24, 2.45) is 0 Å². The number of hydrogen-bond donors (Lipinski definition) is 0. The van der Waals surface area contributed by atoms with E-state index < -0.39 is 0 Å². The summed E-state index contributed by atoms with van der Waals surface area (Å²) in [4.78, 5) is 2.49. The van der Waals surface area contributed by atoms with Gasteiger partial charge in [-0.15, -0.1) is 0 Å². The van der Waals surface area contributed by atoms with Crippen LogP contribution in [0.25, 0.3) is 77.2 Å². The minimum Gasteiger partial charge on any atom is -0.456 e. The van der Waals surface area contributed by atoms with E-state index in [1.807, 2.05) is 0 Å². The molecule has 2 heteroatoms. The lowest BCUT2D eigenvalue weighted by molar-refractivity contribution is 0.661. The fourth-order valence-electron chi connectivity index (χ4n) is 9.36. The molecule has 57 heavy (non-hydrogen) atoms. The number of benzene rings is 9. The molecule has 1 aliphatic rings. The Bertz CT molecular complexity index is 3150. The van der Waals surface area contributed by atoms with E-state index in [-0.39, 0.29) is 5.41 Å². The molecular formula is C55H39NO. The van der Waals surface area contributed by atoms with Crippen LogP contribution < -0.4 is 4.90 Å². The Balaban J connectivity index is 1.13. The number of nitrogens with zero attached hydrogens (tertiary/aromatic N) is 1. The lowest BCUT2D eigenvalue weighted by Crippen LogP contribution is -2.21. The van der Waals surface area contributed by atoms with E-state index in [2.05, 4.69) is 219 Å². The second kappa shape index (κ2) is 13.0. The molecule has 0 amide bonds. The lowest BCUT2D eigenvalue weighted by atomic mass is 9.81. The van der Waals surface area contributed by atoms with Gasteiger partial charge in [-0.05, 0) is 109 Å². The van der Waals surface area contributed by atoms with Gasteiger partial charge in [0.25, 0.3) is 0 Å². The Morgan fingerprint density at radius 2 is 0.982 bits per heavy atom. The molecule has 0 unspecified atom stereocenters. The van der Waals surface area contributed by atoms with Crippen LogP contribution in [0.15, 0.2) is 205 Å². The topological polar surface area (TPSA) is 16.4 Å². The maximum Gasteiger partial charge on any atom is 0.136 e. The molecule has 1 heterocycles. The average molecular weight is 730 g/mol. The number of fused-ring (bicyclic) bond motifs is 7. The molecule has 0 saturated heterocycles. The van der Waals surface area contributed by atoms with Crippen LogP contribution in [0, 0.1) is 0 Å². The second-order valence-corrected chi connectivity index (χ2v) is 15.7. The molecule has 11 rings (SSSR count). The lowest BCUT2D eigenvalue weighted by Gasteiger charge is -2.33. The number of rotatable bonds is 6. The Kier molecular flexibility index (Phi) is 7.55. The van der Waals surface area contributed by atoms with E-state index in [0.29, 0.717) is 0 Å². The summed E-state index contributed by atoms with van der Waals surface area (Å²) >= 11 is 0. The van der Waals surface area contributed by atoms with Gasteiger partial charge in [-0.3, -0.25) is 0 Å². The summed E-state index contributed by atoms with van der Waals surface area (Å²) < 4.78 is 6.59. The predicted molar refractivity (Wildman–Crippen MR) is 240 cm³/mol. The van der Waals surface area contributed by atoms with Crippen LogP contribution in [0.3, 0.4) is 0 Å². The molecule has 0 atom stereocenters. The molecule has 270 valence electrons.